The van der Waals surface area contributed by atoms with E-state index in [2.05, 4.69) is 14.9 Å². The second kappa shape index (κ2) is 5.48. The zero-order valence-electron chi connectivity index (χ0n) is 11.7. The number of carbonyl (C=O) groups is 1. The highest BCUT2D eigenvalue weighted by Crippen LogP contribution is 2.45. The number of carboxylic acids is 1. The molecule has 0 radical (unpaired) electrons. The van der Waals surface area contributed by atoms with Crippen LogP contribution in [0.1, 0.15) is 37.9 Å². The number of likely N-dealkylation sites (tertiary alicyclic amines) is 1. The van der Waals surface area contributed by atoms with Gasteiger partial charge in [0.25, 0.3) is 0 Å². The number of hydrogen-bond acceptors (Lipinski definition) is 4. The molecule has 1 aromatic rings. The second-order valence-corrected chi connectivity index (χ2v) is 6.21. The molecule has 20 heavy (non-hydrogen) atoms. The Hall–Kier alpha value is -1.49. The molecule has 108 valence electrons. The summed E-state index contributed by atoms with van der Waals surface area (Å²) in [5.41, 5.74) is -0.547. The van der Waals surface area contributed by atoms with Crippen LogP contribution in [0.5, 0.6) is 0 Å². The van der Waals surface area contributed by atoms with Gasteiger partial charge < -0.3 is 5.11 Å². The molecule has 1 aliphatic carbocycles. The Kier molecular flexibility index (Phi) is 3.70. The fourth-order valence-electron chi connectivity index (χ4n) is 3.28. The summed E-state index contributed by atoms with van der Waals surface area (Å²) < 4.78 is 0. The maximum Gasteiger partial charge on any atom is 0.310 e. The van der Waals surface area contributed by atoms with Gasteiger partial charge in [-0.15, -0.1) is 0 Å². The van der Waals surface area contributed by atoms with Crippen LogP contribution in [0, 0.1) is 11.3 Å². The van der Waals surface area contributed by atoms with Gasteiger partial charge in [-0.3, -0.25) is 9.69 Å². The Labute approximate surface area is 119 Å². The van der Waals surface area contributed by atoms with Gasteiger partial charge >= 0.3 is 5.97 Å². The lowest BCUT2D eigenvalue weighted by Gasteiger charge is -2.39. The molecule has 2 fully saturated rings. The van der Waals surface area contributed by atoms with Crippen LogP contribution in [0.3, 0.4) is 0 Å². The van der Waals surface area contributed by atoms with Crippen molar-refractivity contribution in [2.75, 3.05) is 13.1 Å². The largest absolute Gasteiger partial charge is 0.481 e. The first-order chi connectivity index (χ1) is 9.68. The van der Waals surface area contributed by atoms with Crippen molar-refractivity contribution < 1.29 is 9.90 Å². The number of nitrogens with zero attached hydrogens (tertiary/aromatic N) is 3. The quantitative estimate of drug-likeness (QED) is 0.889. The molecule has 0 bridgehead atoms. The molecule has 0 aromatic carbocycles. The van der Waals surface area contributed by atoms with Crippen molar-refractivity contribution in [1.82, 2.24) is 14.9 Å². The molecule has 1 N–H and O–H groups in total. The Morgan fingerprint density at radius 3 is 2.80 bits per heavy atom. The SMILES string of the molecule is O=C(O)[C@@]1(CC2CC2)CCCN(Cc2ncccn2)C1. The summed E-state index contributed by atoms with van der Waals surface area (Å²) in [4.78, 5) is 22.5. The predicted molar refractivity (Wildman–Crippen MR) is 74.0 cm³/mol. The lowest BCUT2D eigenvalue weighted by Crippen LogP contribution is -2.48. The van der Waals surface area contributed by atoms with Gasteiger partial charge in [-0.05, 0) is 37.8 Å². The summed E-state index contributed by atoms with van der Waals surface area (Å²) in [7, 11) is 0. The number of piperidine rings is 1. The van der Waals surface area contributed by atoms with E-state index in [1.165, 1.54) is 12.8 Å². The molecule has 5 heteroatoms. The van der Waals surface area contributed by atoms with Crippen molar-refractivity contribution in [3.05, 3.63) is 24.3 Å². The van der Waals surface area contributed by atoms with Crippen molar-refractivity contribution in [2.45, 2.75) is 38.6 Å². The molecule has 1 saturated carbocycles. The van der Waals surface area contributed by atoms with E-state index >= 15 is 0 Å². The highest BCUT2D eigenvalue weighted by atomic mass is 16.4. The van der Waals surface area contributed by atoms with Crippen LogP contribution in [0.15, 0.2) is 18.5 Å². The molecule has 2 aliphatic rings. The van der Waals surface area contributed by atoms with Crippen LogP contribution >= 0.6 is 0 Å². The first kappa shape index (κ1) is 13.5. The third-order valence-electron chi connectivity index (χ3n) is 4.47. The van der Waals surface area contributed by atoms with Gasteiger partial charge in [0.05, 0.1) is 12.0 Å². The van der Waals surface area contributed by atoms with Gasteiger partial charge in [-0.25, -0.2) is 9.97 Å². The Morgan fingerprint density at radius 2 is 2.15 bits per heavy atom. The van der Waals surface area contributed by atoms with Crippen molar-refractivity contribution in [2.24, 2.45) is 11.3 Å². The topological polar surface area (TPSA) is 66.3 Å². The summed E-state index contributed by atoms with van der Waals surface area (Å²) in [5, 5.41) is 9.69. The van der Waals surface area contributed by atoms with Crippen molar-refractivity contribution in [3.8, 4) is 0 Å². The normalized spacial score (nSPS) is 27.4. The third kappa shape index (κ3) is 2.98. The number of carboxylic acid groups (broad SMARTS) is 1. The van der Waals surface area contributed by atoms with Crippen LogP contribution in [0.2, 0.25) is 0 Å². The molecule has 0 unspecified atom stereocenters. The minimum atomic E-state index is -0.622. The van der Waals surface area contributed by atoms with Crippen LogP contribution in [-0.2, 0) is 11.3 Å². The molecule has 1 aliphatic heterocycles. The molecule has 1 aromatic heterocycles. The number of aromatic nitrogens is 2. The minimum absolute atomic E-state index is 0.547. The molecular formula is C15H21N3O2. The molecule has 1 atom stereocenters. The zero-order valence-corrected chi connectivity index (χ0v) is 11.7. The average Bonchev–Trinajstić information content (AvgIpc) is 3.24. The molecular weight excluding hydrogens is 254 g/mol. The Morgan fingerprint density at radius 1 is 1.40 bits per heavy atom. The summed E-state index contributed by atoms with van der Waals surface area (Å²) in [5.74, 6) is 0.794. The van der Waals surface area contributed by atoms with E-state index in [-0.39, 0.29) is 0 Å². The molecule has 0 spiro atoms. The standard InChI is InChI=1S/C15H21N3O2/c19-14(20)15(9-12-3-4-12)5-1-8-18(11-15)10-13-16-6-2-7-17-13/h2,6-7,12H,1,3-5,8-11H2,(H,19,20)/t15-/m1/s1. The summed E-state index contributed by atoms with van der Waals surface area (Å²) in [6.45, 7) is 2.23. The summed E-state index contributed by atoms with van der Waals surface area (Å²) in [6.07, 6.45) is 8.49. The maximum atomic E-state index is 11.8. The zero-order chi connectivity index (χ0) is 14.0. The van der Waals surface area contributed by atoms with E-state index in [1.54, 1.807) is 18.5 Å². The molecule has 2 heterocycles. The van der Waals surface area contributed by atoms with E-state index in [4.69, 9.17) is 0 Å². The first-order valence-corrected chi connectivity index (χ1v) is 7.40. The van der Waals surface area contributed by atoms with Crippen LogP contribution in [0.25, 0.3) is 0 Å². The average molecular weight is 275 g/mol. The highest BCUT2D eigenvalue weighted by molar-refractivity contribution is 5.75. The smallest absolute Gasteiger partial charge is 0.310 e. The van der Waals surface area contributed by atoms with E-state index in [9.17, 15) is 9.90 Å². The molecule has 1 saturated heterocycles. The van der Waals surface area contributed by atoms with Crippen molar-refractivity contribution >= 4 is 5.97 Å². The van der Waals surface area contributed by atoms with E-state index in [1.807, 2.05) is 0 Å². The van der Waals surface area contributed by atoms with E-state index in [0.717, 1.165) is 31.6 Å². The van der Waals surface area contributed by atoms with Gasteiger partial charge in [0.1, 0.15) is 5.82 Å². The van der Waals surface area contributed by atoms with Crippen LogP contribution in [0.4, 0.5) is 0 Å². The van der Waals surface area contributed by atoms with Gasteiger partial charge in [-0.1, -0.05) is 12.8 Å². The predicted octanol–water partition coefficient (Wildman–Crippen LogP) is 1.94. The van der Waals surface area contributed by atoms with Crippen molar-refractivity contribution in [1.29, 1.82) is 0 Å². The maximum absolute atomic E-state index is 11.8. The van der Waals surface area contributed by atoms with Gasteiger partial charge in [0.2, 0.25) is 0 Å². The first-order valence-electron chi connectivity index (χ1n) is 7.40. The fraction of sp³-hybridized carbons (Fsp3) is 0.667. The van der Waals surface area contributed by atoms with Gasteiger partial charge in [-0.2, -0.15) is 0 Å². The van der Waals surface area contributed by atoms with Crippen LogP contribution < -0.4 is 0 Å². The van der Waals surface area contributed by atoms with Gasteiger partial charge in [0, 0.05) is 18.9 Å². The minimum Gasteiger partial charge on any atom is -0.481 e. The lowest BCUT2D eigenvalue weighted by atomic mass is 9.75. The number of rotatable bonds is 5. The summed E-state index contributed by atoms with van der Waals surface area (Å²) in [6, 6.07) is 1.80. The Bertz CT molecular complexity index is 475. The monoisotopic (exact) mass is 275 g/mol. The second-order valence-electron chi connectivity index (χ2n) is 6.21. The van der Waals surface area contributed by atoms with E-state index < -0.39 is 11.4 Å². The van der Waals surface area contributed by atoms with Crippen LogP contribution in [-0.4, -0.2) is 39.0 Å². The molecule has 3 rings (SSSR count). The lowest BCUT2D eigenvalue weighted by molar-refractivity contribution is -0.153. The highest BCUT2D eigenvalue weighted by Gasteiger charge is 2.45. The Balaban J connectivity index is 1.69. The summed E-state index contributed by atoms with van der Waals surface area (Å²) >= 11 is 0. The fourth-order valence-corrected chi connectivity index (χ4v) is 3.28. The number of aliphatic carboxylic acids is 1. The number of hydrogen-bond donors (Lipinski definition) is 1. The molecule has 5 nitrogen and oxygen atoms in total. The third-order valence-corrected chi connectivity index (χ3v) is 4.47. The van der Waals surface area contributed by atoms with Gasteiger partial charge in [0.15, 0.2) is 0 Å². The van der Waals surface area contributed by atoms with E-state index in [0.29, 0.717) is 19.0 Å². The molecule has 0 amide bonds. The van der Waals surface area contributed by atoms with Crippen molar-refractivity contribution in [3.63, 3.8) is 0 Å².